The molecule has 9 rings (SSSR count). The van der Waals surface area contributed by atoms with Gasteiger partial charge in [0.15, 0.2) is 0 Å². The Labute approximate surface area is 271 Å². The summed E-state index contributed by atoms with van der Waals surface area (Å²) in [6.45, 7) is 0. The summed E-state index contributed by atoms with van der Waals surface area (Å²) in [4.78, 5) is 18.9. The number of nitrogens with zero attached hydrogens (tertiary/aromatic N) is 4. The van der Waals surface area contributed by atoms with Crippen molar-refractivity contribution in [2.45, 2.75) is 12.8 Å². The summed E-state index contributed by atoms with van der Waals surface area (Å²) in [6.07, 6.45) is 9.71. The first-order valence-corrected chi connectivity index (χ1v) is 15.9. The van der Waals surface area contributed by atoms with E-state index in [9.17, 15) is 0 Å². The molecule has 1 aliphatic rings. The third-order valence-electron chi connectivity index (χ3n) is 8.85. The van der Waals surface area contributed by atoms with Crippen LogP contribution in [-0.4, -0.2) is 21.2 Å². The molecule has 0 aliphatic carbocycles. The molecular formula is C42H28N4O. The molecule has 5 nitrogen and oxygen atoms in total. The van der Waals surface area contributed by atoms with Crippen molar-refractivity contribution < 1.29 is 4.42 Å². The van der Waals surface area contributed by atoms with Gasteiger partial charge < -0.3 is 4.42 Å². The van der Waals surface area contributed by atoms with Crippen LogP contribution in [0.2, 0.25) is 0 Å². The third-order valence-corrected chi connectivity index (χ3v) is 8.85. The highest BCUT2D eigenvalue weighted by atomic mass is 16.3. The molecule has 5 heteroatoms. The van der Waals surface area contributed by atoms with Crippen LogP contribution in [0.25, 0.3) is 83.3 Å². The monoisotopic (exact) mass is 604 g/mol. The Morgan fingerprint density at radius 2 is 1.26 bits per heavy atom. The van der Waals surface area contributed by atoms with E-state index in [0.29, 0.717) is 0 Å². The van der Waals surface area contributed by atoms with Crippen molar-refractivity contribution in [1.29, 1.82) is 0 Å². The minimum absolute atomic E-state index is 0.828. The molecule has 8 aromatic rings. The molecule has 0 bridgehead atoms. The Hall–Kier alpha value is -6.20. The average Bonchev–Trinajstić information content (AvgIpc) is 3.55. The van der Waals surface area contributed by atoms with E-state index in [2.05, 4.69) is 107 Å². The zero-order chi connectivity index (χ0) is 31.2. The summed E-state index contributed by atoms with van der Waals surface area (Å²) in [5, 5.41) is 4.39. The van der Waals surface area contributed by atoms with Crippen LogP contribution in [-0.2, 0) is 0 Å². The molecule has 0 spiro atoms. The van der Waals surface area contributed by atoms with Crippen molar-refractivity contribution in [3.8, 4) is 44.9 Å². The first-order valence-electron chi connectivity index (χ1n) is 15.9. The number of pyridine rings is 3. The second-order valence-corrected chi connectivity index (χ2v) is 11.7. The highest BCUT2D eigenvalue weighted by molar-refractivity contribution is 6.22. The van der Waals surface area contributed by atoms with Gasteiger partial charge in [-0.3, -0.25) is 15.0 Å². The molecular weight excluding hydrogens is 576 g/mol. The van der Waals surface area contributed by atoms with E-state index < -0.39 is 0 Å². The van der Waals surface area contributed by atoms with Gasteiger partial charge in [-0.15, -0.1) is 0 Å². The van der Waals surface area contributed by atoms with Crippen molar-refractivity contribution in [3.05, 3.63) is 145 Å². The Morgan fingerprint density at radius 1 is 0.511 bits per heavy atom. The normalized spacial score (nSPS) is 13.0. The van der Waals surface area contributed by atoms with Crippen LogP contribution in [0.15, 0.2) is 149 Å². The van der Waals surface area contributed by atoms with E-state index >= 15 is 0 Å². The van der Waals surface area contributed by atoms with Crippen molar-refractivity contribution in [2.24, 2.45) is 4.99 Å². The SMILES string of the molecule is C1=NC(c2cc(-c3ccc(-c4cccc5oc6c7ccccc7c(-c7ccccn7)cc6c45)cc3)cc(-c3ccccn3)n2)=CCC1. The maximum Gasteiger partial charge on any atom is 0.143 e. The van der Waals surface area contributed by atoms with Crippen LogP contribution in [0.3, 0.4) is 0 Å². The largest absolute Gasteiger partial charge is 0.455 e. The highest BCUT2D eigenvalue weighted by Crippen LogP contribution is 2.43. The first-order chi connectivity index (χ1) is 23.3. The Kier molecular flexibility index (Phi) is 6.53. The number of furan rings is 1. The molecule has 0 radical (unpaired) electrons. The summed E-state index contributed by atoms with van der Waals surface area (Å²) in [5.74, 6) is 0. The van der Waals surface area contributed by atoms with E-state index in [1.165, 1.54) is 0 Å². The van der Waals surface area contributed by atoms with Crippen LogP contribution < -0.4 is 0 Å². The molecule has 0 N–H and O–H groups in total. The van der Waals surface area contributed by atoms with E-state index in [-0.39, 0.29) is 0 Å². The zero-order valence-electron chi connectivity index (χ0n) is 25.5. The van der Waals surface area contributed by atoms with E-state index in [1.807, 2.05) is 42.7 Å². The molecule has 222 valence electrons. The predicted molar refractivity (Wildman–Crippen MR) is 192 cm³/mol. The lowest BCUT2D eigenvalue weighted by Gasteiger charge is -2.12. The van der Waals surface area contributed by atoms with E-state index in [1.54, 1.807) is 6.20 Å². The molecule has 0 saturated heterocycles. The van der Waals surface area contributed by atoms with Gasteiger partial charge in [0, 0.05) is 40.3 Å². The number of allylic oxidation sites excluding steroid dienone is 1. The maximum absolute atomic E-state index is 6.59. The van der Waals surface area contributed by atoms with Gasteiger partial charge in [-0.25, -0.2) is 4.98 Å². The molecule has 1 aliphatic heterocycles. The number of aliphatic imine (C=N–C) groups is 1. The van der Waals surface area contributed by atoms with Crippen molar-refractivity contribution >= 4 is 44.6 Å². The van der Waals surface area contributed by atoms with E-state index in [0.717, 1.165) is 102 Å². The molecule has 0 unspecified atom stereocenters. The summed E-state index contributed by atoms with van der Waals surface area (Å²) in [6, 6.07) is 41.9. The van der Waals surface area contributed by atoms with E-state index in [4.69, 9.17) is 14.4 Å². The van der Waals surface area contributed by atoms with Crippen LogP contribution in [0.5, 0.6) is 0 Å². The zero-order valence-corrected chi connectivity index (χ0v) is 25.5. The van der Waals surface area contributed by atoms with Gasteiger partial charge in [-0.05, 0) is 89.0 Å². The fourth-order valence-corrected chi connectivity index (χ4v) is 6.62. The molecule has 0 saturated carbocycles. The lowest BCUT2D eigenvalue weighted by molar-refractivity contribution is 0.673. The van der Waals surface area contributed by atoms with Crippen LogP contribution in [0.1, 0.15) is 18.5 Å². The summed E-state index contributed by atoms with van der Waals surface area (Å²) < 4.78 is 6.59. The van der Waals surface area contributed by atoms with Gasteiger partial charge in [-0.1, -0.05) is 78.9 Å². The number of fused-ring (bicyclic) bond motifs is 5. The number of hydrogen-bond acceptors (Lipinski definition) is 5. The molecule has 4 aromatic heterocycles. The number of aromatic nitrogens is 3. The van der Waals surface area contributed by atoms with Gasteiger partial charge in [0.2, 0.25) is 0 Å². The van der Waals surface area contributed by atoms with Crippen LogP contribution in [0.4, 0.5) is 0 Å². The third kappa shape index (κ3) is 4.80. The average molecular weight is 605 g/mol. The molecule has 0 atom stereocenters. The molecule has 4 aromatic carbocycles. The summed E-state index contributed by atoms with van der Waals surface area (Å²) >= 11 is 0. The molecule has 0 amide bonds. The number of benzene rings is 4. The molecule has 47 heavy (non-hydrogen) atoms. The fourth-order valence-electron chi connectivity index (χ4n) is 6.62. The summed E-state index contributed by atoms with van der Waals surface area (Å²) in [5.41, 5.74) is 11.6. The molecule has 5 heterocycles. The smallest absolute Gasteiger partial charge is 0.143 e. The summed E-state index contributed by atoms with van der Waals surface area (Å²) in [7, 11) is 0. The molecule has 0 fully saturated rings. The van der Waals surface area contributed by atoms with Gasteiger partial charge in [-0.2, -0.15) is 0 Å². The van der Waals surface area contributed by atoms with Crippen molar-refractivity contribution in [1.82, 2.24) is 15.0 Å². The minimum Gasteiger partial charge on any atom is -0.455 e. The highest BCUT2D eigenvalue weighted by Gasteiger charge is 2.18. The second kappa shape index (κ2) is 11.3. The van der Waals surface area contributed by atoms with Crippen molar-refractivity contribution in [3.63, 3.8) is 0 Å². The fraction of sp³-hybridized carbons (Fsp3) is 0.0476. The lowest BCUT2D eigenvalue weighted by atomic mass is 9.94. The Bertz CT molecular complexity index is 2500. The Balaban J connectivity index is 1.19. The Morgan fingerprint density at radius 3 is 2.02 bits per heavy atom. The van der Waals surface area contributed by atoms with Gasteiger partial charge in [0.25, 0.3) is 0 Å². The van der Waals surface area contributed by atoms with Gasteiger partial charge in [0.05, 0.1) is 28.5 Å². The van der Waals surface area contributed by atoms with Crippen molar-refractivity contribution in [2.75, 3.05) is 0 Å². The number of hydrogen-bond donors (Lipinski definition) is 0. The second-order valence-electron chi connectivity index (χ2n) is 11.7. The standard InChI is InChI=1S/C42H28N4O/c1-2-11-32-31(10-1)33(35-13-3-6-21-43-35)26-34-41-30(12-9-16-40(41)47-42(32)34)28-19-17-27(18-20-28)29-24-38(36-14-4-7-22-44-36)46-39(25-29)37-15-5-8-23-45-37/h1-4,6-7,9-26H,5,8H2. The van der Waals surface area contributed by atoms with Gasteiger partial charge in [0.1, 0.15) is 11.2 Å². The first kappa shape index (κ1) is 27.1. The maximum atomic E-state index is 6.59. The predicted octanol–water partition coefficient (Wildman–Crippen LogP) is 10.8. The van der Waals surface area contributed by atoms with Crippen LogP contribution >= 0.6 is 0 Å². The van der Waals surface area contributed by atoms with Crippen LogP contribution in [0, 0.1) is 0 Å². The number of rotatable bonds is 5. The topological polar surface area (TPSA) is 64.2 Å². The quantitative estimate of drug-likeness (QED) is 0.196. The minimum atomic E-state index is 0.828. The van der Waals surface area contributed by atoms with Gasteiger partial charge >= 0.3 is 0 Å². The lowest BCUT2D eigenvalue weighted by Crippen LogP contribution is -1.97.